The predicted octanol–water partition coefficient (Wildman–Crippen LogP) is 19.7. The van der Waals surface area contributed by atoms with Gasteiger partial charge >= 0.3 is 0 Å². The van der Waals surface area contributed by atoms with E-state index in [-0.39, 0.29) is 29.7 Å². The van der Waals surface area contributed by atoms with E-state index in [2.05, 4.69) is 209 Å². The van der Waals surface area contributed by atoms with Crippen LogP contribution in [-0.4, -0.2) is 0 Å². The standard InChI is InChI=1S/C64H43N3S2/c1-5-15-44(16-6-1)46-25-28-51(29-26-46)67(55-33-37-63-59(42-55)57-40-53(31-35-61(57)68-63)65(48-19-7-2-8-20-48)49-21-9-3-10-22-49)56-34-38-64-60(43-56)58-41-54(32-36-62(58)69-64)66(50-23-11-4-12-24-50)52-30-27-45-17-13-14-18-47(45)39-52/h1-43H/i1D,5D,6D,15D,16D. The number of anilines is 9. The van der Waals surface area contributed by atoms with E-state index >= 15 is 0 Å². The summed E-state index contributed by atoms with van der Waals surface area (Å²) in [6, 6.07) is 79.5. The molecule has 0 radical (unpaired) electrons. The largest absolute Gasteiger partial charge is 0.310 e. The van der Waals surface area contributed by atoms with Gasteiger partial charge in [0.05, 0.1) is 6.85 Å². The van der Waals surface area contributed by atoms with E-state index in [1.165, 1.54) is 29.6 Å². The summed E-state index contributed by atoms with van der Waals surface area (Å²) < 4.78 is 47.2. The van der Waals surface area contributed by atoms with Crippen LogP contribution >= 0.6 is 22.7 Å². The summed E-state index contributed by atoms with van der Waals surface area (Å²) in [5, 5.41) is 6.93. The van der Waals surface area contributed by atoms with E-state index in [4.69, 9.17) is 6.85 Å². The molecule has 0 saturated heterocycles. The van der Waals surface area contributed by atoms with Gasteiger partial charge in [0.2, 0.25) is 0 Å². The number of nitrogens with zero attached hydrogens (tertiary/aromatic N) is 3. The first-order valence-corrected chi connectivity index (χ1v) is 24.5. The average molecular weight is 923 g/mol. The van der Waals surface area contributed by atoms with E-state index < -0.39 is 6.04 Å². The van der Waals surface area contributed by atoms with Crippen molar-refractivity contribution in [3.63, 3.8) is 0 Å². The van der Waals surface area contributed by atoms with Gasteiger partial charge in [-0.1, -0.05) is 127 Å². The van der Waals surface area contributed by atoms with E-state index in [9.17, 15) is 0 Å². The molecule has 0 spiro atoms. The first-order valence-electron chi connectivity index (χ1n) is 25.4. The number of rotatable bonds is 10. The molecule has 0 unspecified atom stereocenters. The number of thiophene rings is 2. The van der Waals surface area contributed by atoms with Gasteiger partial charge in [0, 0.05) is 91.5 Å². The van der Waals surface area contributed by atoms with Crippen molar-refractivity contribution in [2.75, 3.05) is 14.7 Å². The number of para-hydroxylation sites is 3. The lowest BCUT2D eigenvalue weighted by atomic mass is 10.0. The SMILES string of the molecule is [2H]c1c([2H])c([2H])c(-c2ccc(N(c3ccc4sc5ccc(N(c6ccccc6)c6ccccc6)cc5c4c3)c3ccc4sc5ccc(N(c6ccccc6)c6ccc7ccccc7c6)cc5c4c3)cc2)c([2H])c1[2H]. The fourth-order valence-corrected chi connectivity index (χ4v) is 11.8. The Morgan fingerprint density at radius 2 is 0.594 bits per heavy atom. The molecule has 0 atom stereocenters. The molecule has 326 valence electrons. The van der Waals surface area contributed by atoms with E-state index in [0.717, 1.165) is 72.7 Å². The summed E-state index contributed by atoms with van der Waals surface area (Å²) >= 11 is 3.56. The Kier molecular flexibility index (Phi) is 8.95. The number of hydrogen-bond acceptors (Lipinski definition) is 5. The van der Waals surface area contributed by atoms with Crippen molar-refractivity contribution in [1.82, 2.24) is 0 Å². The topological polar surface area (TPSA) is 9.72 Å². The van der Waals surface area contributed by atoms with Gasteiger partial charge in [-0.05, 0) is 155 Å². The van der Waals surface area contributed by atoms with Gasteiger partial charge in [0.25, 0.3) is 0 Å². The van der Waals surface area contributed by atoms with Gasteiger partial charge in [-0.15, -0.1) is 22.7 Å². The van der Waals surface area contributed by atoms with Crippen molar-refractivity contribution in [1.29, 1.82) is 0 Å². The Bertz CT molecular complexity index is 4210. The van der Waals surface area contributed by atoms with Crippen LogP contribution in [0.1, 0.15) is 6.85 Å². The molecule has 0 saturated carbocycles. The van der Waals surface area contributed by atoms with Crippen molar-refractivity contribution in [3.8, 4) is 11.1 Å². The van der Waals surface area contributed by atoms with Crippen molar-refractivity contribution < 1.29 is 6.85 Å². The molecule has 0 aliphatic rings. The van der Waals surface area contributed by atoms with Crippen LogP contribution in [0.5, 0.6) is 0 Å². The third-order valence-electron chi connectivity index (χ3n) is 12.9. The lowest BCUT2D eigenvalue weighted by molar-refractivity contribution is 1.29. The van der Waals surface area contributed by atoms with Crippen LogP contribution in [0.3, 0.4) is 0 Å². The molecule has 11 aromatic carbocycles. The molecule has 0 fully saturated rings. The third-order valence-corrected chi connectivity index (χ3v) is 15.2. The molecule has 69 heavy (non-hydrogen) atoms. The minimum Gasteiger partial charge on any atom is -0.310 e. The molecule has 5 heteroatoms. The highest BCUT2D eigenvalue weighted by Gasteiger charge is 2.20. The number of hydrogen-bond donors (Lipinski definition) is 0. The van der Waals surface area contributed by atoms with Crippen molar-refractivity contribution in [2.45, 2.75) is 0 Å². The predicted molar refractivity (Wildman–Crippen MR) is 299 cm³/mol. The summed E-state index contributed by atoms with van der Waals surface area (Å²) in [6.45, 7) is 0. The molecule has 2 aromatic heterocycles. The normalized spacial score (nSPS) is 12.5. The summed E-state index contributed by atoms with van der Waals surface area (Å²) in [6.07, 6.45) is 0. The van der Waals surface area contributed by atoms with Crippen LogP contribution in [0.25, 0.3) is 62.2 Å². The zero-order valence-electron chi connectivity index (χ0n) is 42.1. The molecule has 0 N–H and O–H groups in total. The minimum absolute atomic E-state index is 0.173. The smallest absolute Gasteiger partial charge is 0.0629 e. The highest BCUT2D eigenvalue weighted by Crippen LogP contribution is 2.47. The van der Waals surface area contributed by atoms with Crippen molar-refractivity contribution in [3.05, 3.63) is 261 Å². The second-order valence-corrected chi connectivity index (χ2v) is 19.2. The fourth-order valence-electron chi connectivity index (χ4n) is 9.62. The van der Waals surface area contributed by atoms with Gasteiger partial charge in [-0.25, -0.2) is 0 Å². The molecule has 3 nitrogen and oxygen atoms in total. The van der Waals surface area contributed by atoms with E-state index in [1.807, 2.05) is 36.4 Å². The van der Waals surface area contributed by atoms with E-state index in [1.54, 1.807) is 22.7 Å². The minimum atomic E-state index is -0.409. The first kappa shape index (κ1) is 35.7. The maximum absolute atomic E-state index is 8.76. The van der Waals surface area contributed by atoms with Crippen LogP contribution in [0.2, 0.25) is 0 Å². The average Bonchev–Trinajstić information content (AvgIpc) is 4.00. The molecular formula is C64H43N3S2. The molecule has 0 aliphatic heterocycles. The summed E-state index contributed by atoms with van der Waals surface area (Å²) in [5.41, 5.74) is 9.86. The summed E-state index contributed by atoms with van der Waals surface area (Å²) in [4.78, 5) is 6.88. The Morgan fingerprint density at radius 1 is 0.261 bits per heavy atom. The molecule has 13 aromatic rings. The Balaban J connectivity index is 0.977. The van der Waals surface area contributed by atoms with Gasteiger partial charge in [0.15, 0.2) is 0 Å². The molecule has 0 bridgehead atoms. The number of fused-ring (bicyclic) bond motifs is 7. The highest BCUT2D eigenvalue weighted by atomic mass is 32.1. The van der Waals surface area contributed by atoms with Crippen molar-refractivity contribution in [2.24, 2.45) is 0 Å². The van der Waals surface area contributed by atoms with Crippen LogP contribution < -0.4 is 14.7 Å². The van der Waals surface area contributed by atoms with Gasteiger partial charge < -0.3 is 14.7 Å². The third kappa shape index (κ3) is 7.55. The summed E-state index contributed by atoms with van der Waals surface area (Å²) in [7, 11) is 0. The molecule has 0 amide bonds. The molecule has 13 rings (SSSR count). The zero-order valence-corrected chi connectivity index (χ0v) is 38.7. The Labute approximate surface area is 416 Å². The summed E-state index contributed by atoms with van der Waals surface area (Å²) in [5.74, 6) is 0. The number of benzene rings is 11. The van der Waals surface area contributed by atoms with Crippen molar-refractivity contribution >= 4 is 125 Å². The van der Waals surface area contributed by atoms with Crippen LogP contribution in [0, 0.1) is 0 Å². The van der Waals surface area contributed by atoms with Gasteiger partial charge in [-0.2, -0.15) is 0 Å². The second-order valence-electron chi connectivity index (χ2n) is 17.0. The monoisotopic (exact) mass is 922 g/mol. The lowest BCUT2D eigenvalue weighted by Gasteiger charge is -2.26. The maximum atomic E-state index is 8.76. The quantitative estimate of drug-likeness (QED) is 0.135. The van der Waals surface area contributed by atoms with Crippen LogP contribution in [0.15, 0.2) is 261 Å². The van der Waals surface area contributed by atoms with Crippen LogP contribution in [0.4, 0.5) is 51.2 Å². The molecule has 2 heterocycles. The lowest BCUT2D eigenvalue weighted by Crippen LogP contribution is -2.10. The first-order chi connectivity index (χ1) is 36.3. The molecule has 0 aliphatic carbocycles. The van der Waals surface area contributed by atoms with E-state index in [0.29, 0.717) is 5.56 Å². The Morgan fingerprint density at radius 3 is 1.03 bits per heavy atom. The maximum Gasteiger partial charge on any atom is 0.0629 e. The fraction of sp³-hybridized carbons (Fsp3) is 0. The van der Waals surface area contributed by atoms with Gasteiger partial charge in [-0.3, -0.25) is 0 Å². The Hall–Kier alpha value is -8.48. The molecular weight excluding hydrogens is 875 g/mol. The zero-order chi connectivity index (χ0) is 50.0. The highest BCUT2D eigenvalue weighted by molar-refractivity contribution is 7.26. The van der Waals surface area contributed by atoms with Gasteiger partial charge in [0.1, 0.15) is 0 Å². The van der Waals surface area contributed by atoms with Crippen LogP contribution in [-0.2, 0) is 0 Å². The second kappa shape index (κ2) is 17.3.